The molecule has 0 aromatic heterocycles. The van der Waals surface area contributed by atoms with E-state index >= 15 is 0 Å². The van der Waals surface area contributed by atoms with Crippen LogP contribution in [0.5, 0.6) is 0 Å². The summed E-state index contributed by atoms with van der Waals surface area (Å²) in [5, 5.41) is 0. The first-order valence-electron chi connectivity index (χ1n) is 1.85. The van der Waals surface area contributed by atoms with Crippen molar-refractivity contribution in [3.05, 3.63) is 14.0 Å². The van der Waals surface area contributed by atoms with Crippen molar-refractivity contribution in [3.63, 3.8) is 0 Å². The molecule has 0 aliphatic carbocycles. The molecule has 0 atom stereocenters. The third kappa shape index (κ3) is 11.0. The van der Waals surface area contributed by atoms with Crippen LogP contribution < -0.4 is 0 Å². The Hall–Kier alpha value is 1.06. The van der Waals surface area contributed by atoms with Crippen LogP contribution in [0.3, 0.4) is 0 Å². The van der Waals surface area contributed by atoms with Gasteiger partial charge in [0.2, 0.25) is 0 Å². The summed E-state index contributed by atoms with van der Waals surface area (Å²) in [5.41, 5.74) is -0.319. The van der Waals surface area contributed by atoms with Crippen LogP contribution in [0.1, 0.15) is 13.8 Å². The number of hydrogen-bond donors (Lipinski definition) is 0. The predicted molar refractivity (Wildman–Crippen MR) is 25.9 cm³/mol. The second-order valence-corrected chi connectivity index (χ2v) is 1.90. The smallest absolute Gasteiger partial charge is 0 e. The van der Waals surface area contributed by atoms with E-state index in [9.17, 15) is 0 Å². The van der Waals surface area contributed by atoms with Gasteiger partial charge in [-0.3, -0.25) is 0 Å². The molecular formula is C5H10OY-2. The summed E-state index contributed by atoms with van der Waals surface area (Å²) >= 11 is 0. The van der Waals surface area contributed by atoms with E-state index in [1.807, 2.05) is 13.8 Å². The van der Waals surface area contributed by atoms with E-state index < -0.39 is 0 Å². The molecule has 1 nitrogen and oxygen atoms in total. The molecule has 0 bridgehead atoms. The summed E-state index contributed by atoms with van der Waals surface area (Å²) in [4.78, 5) is 0. The van der Waals surface area contributed by atoms with Crippen LogP contribution in [0.25, 0.3) is 0 Å². The molecular weight excluding hydrogens is 165 g/mol. The average molecular weight is 175 g/mol. The minimum Gasteiger partial charge on any atom is -0.575 e. The predicted octanol–water partition coefficient (Wildman–Crippen LogP) is 1.40. The molecule has 0 aromatic rings. The fraction of sp³-hybridized carbons (Fsp3) is 0.600. The molecule has 0 N–H and O–H groups in total. The van der Waals surface area contributed by atoms with Crippen molar-refractivity contribution in [2.24, 2.45) is 0 Å². The molecule has 0 rings (SSSR count). The molecule has 0 spiro atoms. The van der Waals surface area contributed by atoms with Crippen molar-refractivity contribution < 1.29 is 37.4 Å². The van der Waals surface area contributed by atoms with Gasteiger partial charge in [0.25, 0.3) is 0 Å². The molecule has 2 heteroatoms. The molecule has 41 valence electrons. The van der Waals surface area contributed by atoms with Gasteiger partial charge in [-0.25, -0.2) is 7.11 Å². The van der Waals surface area contributed by atoms with Crippen LogP contribution in [0.15, 0.2) is 0 Å². The minimum atomic E-state index is -0.319. The van der Waals surface area contributed by atoms with Gasteiger partial charge in [0.05, 0.1) is 0 Å². The molecule has 1 radical (unpaired) electrons. The van der Waals surface area contributed by atoms with Crippen LogP contribution in [0, 0.1) is 14.0 Å². The zero-order valence-electron chi connectivity index (χ0n) is 4.90. The molecule has 7 heavy (non-hydrogen) atoms. The Morgan fingerprint density at radius 1 is 1.43 bits per heavy atom. The van der Waals surface area contributed by atoms with Crippen molar-refractivity contribution in [1.29, 1.82) is 0 Å². The van der Waals surface area contributed by atoms with E-state index in [2.05, 4.69) is 18.8 Å². The van der Waals surface area contributed by atoms with Crippen molar-refractivity contribution in [3.8, 4) is 0 Å². The summed E-state index contributed by atoms with van der Waals surface area (Å²) in [5.74, 6) is 0. The Morgan fingerprint density at radius 2 is 1.57 bits per heavy atom. The molecule has 0 heterocycles. The Kier molecular flexibility index (Phi) is 6.24. The second kappa shape index (κ2) is 3.99. The maximum atomic E-state index is 4.58. The van der Waals surface area contributed by atoms with Crippen molar-refractivity contribution in [2.45, 2.75) is 19.4 Å². The molecule has 0 amide bonds. The minimum absolute atomic E-state index is 0. The van der Waals surface area contributed by atoms with Gasteiger partial charge in [-0.05, 0) is 0 Å². The van der Waals surface area contributed by atoms with E-state index in [4.69, 9.17) is 0 Å². The molecule has 0 fully saturated rings. The summed E-state index contributed by atoms with van der Waals surface area (Å²) in [6.07, 6.45) is 0. The maximum absolute atomic E-state index is 4.58. The van der Waals surface area contributed by atoms with E-state index in [-0.39, 0.29) is 38.3 Å². The monoisotopic (exact) mass is 175 g/mol. The Bertz CT molecular complexity index is 37.8. The first-order chi connectivity index (χ1) is 2.56. The number of rotatable bonds is 1. The quantitative estimate of drug-likeness (QED) is 0.547. The molecule has 0 aliphatic rings. The standard InChI is InChI=1S/C5H10O.Y/c1-5(2,3)6-4;/h1,4H2,2-3H3;/q-2;. The van der Waals surface area contributed by atoms with Gasteiger partial charge in [0, 0.05) is 32.7 Å². The third-order valence-corrected chi connectivity index (χ3v) is 0.391. The largest absolute Gasteiger partial charge is 0.575 e. The van der Waals surface area contributed by atoms with Crippen molar-refractivity contribution >= 4 is 0 Å². The maximum Gasteiger partial charge on any atom is 0 e. The summed E-state index contributed by atoms with van der Waals surface area (Å²) in [7, 11) is 3.19. The van der Waals surface area contributed by atoms with E-state index in [0.717, 1.165) is 0 Å². The van der Waals surface area contributed by atoms with Gasteiger partial charge in [0.15, 0.2) is 0 Å². The van der Waals surface area contributed by atoms with Crippen LogP contribution >= 0.6 is 0 Å². The van der Waals surface area contributed by atoms with Crippen molar-refractivity contribution in [1.82, 2.24) is 0 Å². The van der Waals surface area contributed by atoms with Gasteiger partial charge in [-0.15, -0.1) is 5.60 Å². The van der Waals surface area contributed by atoms with E-state index in [0.29, 0.717) is 0 Å². The molecule has 0 aliphatic heterocycles. The van der Waals surface area contributed by atoms with Crippen LogP contribution in [0.4, 0.5) is 0 Å². The molecule has 0 aromatic carbocycles. The molecule has 0 saturated heterocycles. The van der Waals surface area contributed by atoms with E-state index in [1.165, 1.54) is 0 Å². The summed E-state index contributed by atoms with van der Waals surface area (Å²) < 4.78 is 4.58. The fourth-order valence-corrected chi connectivity index (χ4v) is 0. The van der Waals surface area contributed by atoms with Gasteiger partial charge in [0.1, 0.15) is 0 Å². The Morgan fingerprint density at radius 3 is 1.57 bits per heavy atom. The topological polar surface area (TPSA) is 9.23 Å². The second-order valence-electron chi connectivity index (χ2n) is 1.90. The zero-order valence-corrected chi connectivity index (χ0v) is 7.74. The first kappa shape index (κ1) is 10.9. The van der Waals surface area contributed by atoms with Crippen LogP contribution in [-0.4, -0.2) is 5.60 Å². The van der Waals surface area contributed by atoms with Gasteiger partial charge in [-0.1, -0.05) is 13.8 Å². The zero-order chi connectivity index (χ0) is 5.21. The number of hydrogen-bond acceptors (Lipinski definition) is 1. The molecule has 0 saturated carbocycles. The Balaban J connectivity index is 0. The normalized spacial score (nSPS) is 10.3. The van der Waals surface area contributed by atoms with Gasteiger partial charge >= 0.3 is 0 Å². The fourth-order valence-electron chi connectivity index (χ4n) is 0. The summed E-state index contributed by atoms with van der Waals surface area (Å²) in [6, 6.07) is 0. The van der Waals surface area contributed by atoms with Gasteiger partial charge in [-0.2, -0.15) is 0 Å². The van der Waals surface area contributed by atoms with Crippen LogP contribution in [-0.2, 0) is 37.4 Å². The average Bonchev–Trinajstić information content (AvgIpc) is 1.35. The van der Waals surface area contributed by atoms with Gasteiger partial charge < -0.3 is 11.7 Å². The first-order valence-corrected chi connectivity index (χ1v) is 1.85. The SMILES string of the molecule is [CH2-]OC([CH2-])(C)C.[Y]. The third-order valence-electron chi connectivity index (χ3n) is 0.391. The van der Waals surface area contributed by atoms with Crippen molar-refractivity contribution in [2.75, 3.05) is 0 Å². The summed E-state index contributed by atoms with van der Waals surface area (Å²) in [6.45, 7) is 7.30. The van der Waals surface area contributed by atoms with E-state index in [1.54, 1.807) is 0 Å². The van der Waals surface area contributed by atoms with Crippen LogP contribution in [0.2, 0.25) is 0 Å². The molecule has 0 unspecified atom stereocenters. The Labute approximate surface area is 70.7 Å². The number of ether oxygens (including phenoxy) is 1.